The number of anilines is 1. The molecule has 0 spiro atoms. The Morgan fingerprint density at radius 1 is 1.06 bits per heavy atom. The quantitative estimate of drug-likeness (QED) is 0.323. The van der Waals surface area contributed by atoms with Gasteiger partial charge in [0, 0.05) is 39.4 Å². The first-order chi connectivity index (χ1) is 16.0. The van der Waals surface area contributed by atoms with Gasteiger partial charge < -0.3 is 15.2 Å². The topological polar surface area (TPSA) is 46.1 Å². The van der Waals surface area contributed by atoms with Crippen LogP contribution in [0.2, 0.25) is 5.02 Å². The molecule has 0 saturated carbocycles. The zero-order valence-electron chi connectivity index (χ0n) is 18.4. The number of carbonyl (C=O) groups excluding carboxylic acids is 1. The van der Waals surface area contributed by atoms with Crippen LogP contribution in [0, 0.1) is 13.8 Å². The number of hydrogen-bond acceptors (Lipinski definition) is 3. The van der Waals surface area contributed by atoms with Gasteiger partial charge in [-0.15, -0.1) is 0 Å². The Morgan fingerprint density at radius 3 is 2.61 bits per heavy atom. The molecule has 4 nitrogen and oxygen atoms in total. The second-order valence-electron chi connectivity index (χ2n) is 8.17. The molecule has 0 radical (unpaired) electrons. The average Bonchev–Trinajstić information content (AvgIpc) is 3.28. The van der Waals surface area contributed by atoms with Crippen molar-refractivity contribution in [3.8, 4) is 0 Å². The lowest BCUT2D eigenvalue weighted by Crippen LogP contribution is -2.31. The lowest BCUT2D eigenvalue weighted by atomic mass is 10.1. The second-order valence-corrected chi connectivity index (χ2v) is 9.75. The summed E-state index contributed by atoms with van der Waals surface area (Å²) in [6.45, 7) is 4.91. The standard InChI is InChI=1S/C27H24ClN3OS/c1-17-14-20(28)12-13-23(17)29-27-30-26(32)25(33-27)15-22-18(2)31(16-19-8-4-3-5-9-19)24-11-7-6-10-21(22)24/h3-15,27,29H,16H2,1-2H3,(H,30,32)/b25-15-. The van der Waals surface area contributed by atoms with Gasteiger partial charge in [-0.25, -0.2) is 0 Å². The van der Waals surface area contributed by atoms with E-state index in [-0.39, 0.29) is 11.4 Å². The van der Waals surface area contributed by atoms with Crippen LogP contribution in [0.4, 0.5) is 5.69 Å². The van der Waals surface area contributed by atoms with Gasteiger partial charge in [-0.3, -0.25) is 4.79 Å². The maximum absolute atomic E-state index is 12.8. The second kappa shape index (κ2) is 9.00. The van der Waals surface area contributed by atoms with Crippen molar-refractivity contribution in [2.24, 2.45) is 0 Å². The minimum Gasteiger partial charge on any atom is -0.356 e. The highest BCUT2D eigenvalue weighted by Crippen LogP contribution is 2.35. The summed E-state index contributed by atoms with van der Waals surface area (Å²) in [4.78, 5) is 13.5. The molecule has 1 fully saturated rings. The Balaban J connectivity index is 1.46. The van der Waals surface area contributed by atoms with E-state index < -0.39 is 0 Å². The van der Waals surface area contributed by atoms with Gasteiger partial charge in [-0.1, -0.05) is 71.9 Å². The SMILES string of the molecule is Cc1cc(Cl)ccc1NC1NC(=O)/C(=C/c2c(C)n(Cc3ccccc3)c3ccccc23)S1. The summed E-state index contributed by atoms with van der Waals surface area (Å²) < 4.78 is 2.32. The lowest BCUT2D eigenvalue weighted by Gasteiger charge is -2.15. The maximum atomic E-state index is 12.8. The van der Waals surface area contributed by atoms with Crippen LogP contribution in [0.25, 0.3) is 17.0 Å². The number of fused-ring (bicyclic) bond motifs is 1. The number of carbonyl (C=O) groups is 1. The summed E-state index contributed by atoms with van der Waals surface area (Å²) in [5.41, 5.74) is 6.40. The molecule has 1 aliphatic rings. The normalized spacial score (nSPS) is 17.0. The van der Waals surface area contributed by atoms with Crippen LogP contribution in [-0.4, -0.2) is 16.0 Å². The van der Waals surface area contributed by atoms with Crippen LogP contribution in [0.15, 0.2) is 77.7 Å². The number of benzene rings is 3. The van der Waals surface area contributed by atoms with Crippen molar-refractivity contribution < 1.29 is 4.79 Å². The van der Waals surface area contributed by atoms with Crippen LogP contribution in [0.1, 0.15) is 22.4 Å². The third-order valence-electron chi connectivity index (χ3n) is 5.94. The van der Waals surface area contributed by atoms with E-state index in [0.717, 1.165) is 34.4 Å². The highest BCUT2D eigenvalue weighted by atomic mass is 35.5. The van der Waals surface area contributed by atoms with E-state index in [1.54, 1.807) is 0 Å². The minimum atomic E-state index is -0.235. The van der Waals surface area contributed by atoms with Gasteiger partial charge in [-0.2, -0.15) is 0 Å². The summed E-state index contributed by atoms with van der Waals surface area (Å²) in [6.07, 6.45) is 2.02. The smallest absolute Gasteiger partial charge is 0.260 e. The summed E-state index contributed by atoms with van der Waals surface area (Å²) in [5, 5.41) is 8.28. The van der Waals surface area contributed by atoms with Gasteiger partial charge in [0.2, 0.25) is 0 Å². The van der Waals surface area contributed by atoms with Gasteiger partial charge in [0.25, 0.3) is 5.91 Å². The molecule has 1 saturated heterocycles. The largest absolute Gasteiger partial charge is 0.356 e. The van der Waals surface area contributed by atoms with E-state index in [9.17, 15) is 4.79 Å². The highest BCUT2D eigenvalue weighted by Gasteiger charge is 2.28. The first-order valence-corrected chi connectivity index (χ1v) is 12.1. The van der Waals surface area contributed by atoms with E-state index in [1.165, 1.54) is 22.8 Å². The molecule has 6 heteroatoms. The van der Waals surface area contributed by atoms with Crippen LogP contribution in [0.3, 0.4) is 0 Å². The van der Waals surface area contributed by atoms with Crippen LogP contribution < -0.4 is 10.6 Å². The monoisotopic (exact) mass is 473 g/mol. The summed E-state index contributed by atoms with van der Waals surface area (Å²) in [7, 11) is 0. The van der Waals surface area contributed by atoms with Crippen LogP contribution in [-0.2, 0) is 11.3 Å². The first kappa shape index (κ1) is 21.7. The number of thioether (sulfide) groups is 1. The summed E-state index contributed by atoms with van der Waals surface area (Å²) in [5.74, 6) is -0.0663. The number of hydrogen-bond donors (Lipinski definition) is 2. The van der Waals surface area contributed by atoms with Crippen molar-refractivity contribution in [2.45, 2.75) is 25.9 Å². The Hall–Kier alpha value is -3.15. The predicted octanol–water partition coefficient (Wildman–Crippen LogP) is 6.56. The van der Waals surface area contributed by atoms with Gasteiger partial charge in [0.15, 0.2) is 5.50 Å². The van der Waals surface area contributed by atoms with Crippen molar-refractivity contribution in [3.05, 3.63) is 105 Å². The van der Waals surface area contributed by atoms with E-state index in [1.807, 2.05) is 43.3 Å². The Morgan fingerprint density at radius 2 is 1.82 bits per heavy atom. The number of para-hydroxylation sites is 1. The fourth-order valence-corrected chi connectivity index (χ4v) is 5.42. The average molecular weight is 474 g/mol. The third kappa shape index (κ3) is 4.39. The van der Waals surface area contributed by atoms with E-state index in [4.69, 9.17) is 11.6 Å². The molecule has 5 rings (SSSR count). The van der Waals surface area contributed by atoms with Gasteiger partial charge >= 0.3 is 0 Å². The molecule has 2 heterocycles. The van der Waals surface area contributed by atoms with Gasteiger partial charge in [0.1, 0.15) is 0 Å². The lowest BCUT2D eigenvalue weighted by molar-refractivity contribution is -0.116. The summed E-state index contributed by atoms with van der Waals surface area (Å²) >= 11 is 7.57. The zero-order valence-corrected chi connectivity index (χ0v) is 20.0. The van der Waals surface area contributed by atoms with Crippen LogP contribution in [0.5, 0.6) is 0 Å². The van der Waals surface area contributed by atoms with E-state index in [0.29, 0.717) is 9.93 Å². The molecule has 1 aliphatic heterocycles. The van der Waals surface area contributed by atoms with Crippen molar-refractivity contribution >= 4 is 51.9 Å². The molecule has 2 N–H and O–H groups in total. The molecule has 3 aromatic carbocycles. The first-order valence-electron chi connectivity index (χ1n) is 10.8. The molecular formula is C27H24ClN3OS. The Kier molecular flexibility index (Phi) is 5.92. The number of aryl methyl sites for hydroxylation is 1. The molecule has 1 atom stereocenters. The molecule has 33 heavy (non-hydrogen) atoms. The number of rotatable bonds is 5. The van der Waals surface area contributed by atoms with Crippen molar-refractivity contribution in [1.29, 1.82) is 0 Å². The molecule has 0 bridgehead atoms. The van der Waals surface area contributed by atoms with E-state index in [2.05, 4.69) is 64.6 Å². The van der Waals surface area contributed by atoms with Crippen LogP contribution >= 0.6 is 23.4 Å². The number of nitrogens with one attached hydrogen (secondary N) is 2. The number of nitrogens with zero attached hydrogens (tertiary/aromatic N) is 1. The molecule has 1 amide bonds. The fraction of sp³-hybridized carbons (Fsp3) is 0.148. The minimum absolute atomic E-state index is 0.0663. The molecular weight excluding hydrogens is 450 g/mol. The fourth-order valence-electron chi connectivity index (χ4n) is 4.24. The molecule has 0 aliphatic carbocycles. The van der Waals surface area contributed by atoms with Gasteiger partial charge in [0.05, 0.1) is 4.91 Å². The number of halogens is 1. The van der Waals surface area contributed by atoms with Crippen molar-refractivity contribution in [1.82, 2.24) is 9.88 Å². The zero-order chi connectivity index (χ0) is 22.9. The maximum Gasteiger partial charge on any atom is 0.260 e. The molecule has 1 unspecified atom stereocenters. The number of amides is 1. The Bertz CT molecular complexity index is 1380. The molecule has 1 aromatic heterocycles. The predicted molar refractivity (Wildman–Crippen MR) is 140 cm³/mol. The third-order valence-corrected chi connectivity index (χ3v) is 7.21. The molecule has 166 valence electrons. The van der Waals surface area contributed by atoms with Gasteiger partial charge in [-0.05, 0) is 55.3 Å². The van der Waals surface area contributed by atoms with E-state index >= 15 is 0 Å². The van der Waals surface area contributed by atoms with Crippen molar-refractivity contribution in [2.75, 3.05) is 5.32 Å². The highest BCUT2D eigenvalue weighted by molar-refractivity contribution is 8.05. The molecule has 4 aromatic rings. The van der Waals surface area contributed by atoms with Crippen molar-refractivity contribution in [3.63, 3.8) is 0 Å². The number of aromatic nitrogens is 1. The Labute approximate surface area is 202 Å². The summed E-state index contributed by atoms with van der Waals surface area (Å²) in [6, 6.07) is 24.5.